The van der Waals surface area contributed by atoms with Crippen LogP contribution in [-0.2, 0) is 0 Å². The predicted octanol–water partition coefficient (Wildman–Crippen LogP) is 4.87. The molecule has 138 valence electrons. The Morgan fingerprint density at radius 2 is 1.79 bits per heavy atom. The summed E-state index contributed by atoms with van der Waals surface area (Å²) in [6.07, 6.45) is 3.42. The number of hydrogen-bond acceptors (Lipinski definition) is 4. The summed E-state index contributed by atoms with van der Waals surface area (Å²) in [5, 5.41) is 3.78. The zero-order chi connectivity index (χ0) is 19.5. The van der Waals surface area contributed by atoms with E-state index in [0.29, 0.717) is 17.0 Å². The molecular weight excluding hydrogens is 350 g/mol. The second-order valence-electron chi connectivity index (χ2n) is 6.47. The van der Waals surface area contributed by atoms with Gasteiger partial charge in [-0.25, -0.2) is 4.98 Å². The Bertz CT molecular complexity index is 1160. The molecule has 4 aromatic rings. The number of nitrogens with one attached hydrogen (secondary N) is 1. The van der Waals surface area contributed by atoms with Gasteiger partial charge in [-0.3, -0.25) is 9.78 Å². The van der Waals surface area contributed by atoms with Crippen LogP contribution in [0.5, 0.6) is 5.75 Å². The maximum atomic E-state index is 13.2. The molecule has 0 atom stereocenters. The van der Waals surface area contributed by atoms with Crippen LogP contribution in [0.2, 0.25) is 0 Å². The summed E-state index contributed by atoms with van der Waals surface area (Å²) in [5.41, 5.74) is 4.62. The number of hydrogen-bond donors (Lipinski definition) is 1. The number of para-hydroxylation sites is 1. The lowest BCUT2D eigenvalue weighted by Gasteiger charge is -2.13. The molecule has 0 aliphatic carbocycles. The Hall–Kier alpha value is -3.73. The Morgan fingerprint density at radius 3 is 2.57 bits per heavy atom. The topological polar surface area (TPSA) is 64.1 Å². The van der Waals surface area contributed by atoms with E-state index in [2.05, 4.69) is 10.3 Å². The number of fused-ring (bicyclic) bond motifs is 1. The van der Waals surface area contributed by atoms with Crippen molar-refractivity contribution in [1.29, 1.82) is 0 Å². The number of methoxy groups -OCH3 is 1. The average Bonchev–Trinajstić information content (AvgIpc) is 2.73. The molecule has 0 fully saturated rings. The Balaban J connectivity index is 1.81. The van der Waals surface area contributed by atoms with Crippen molar-refractivity contribution in [3.05, 3.63) is 84.2 Å². The largest absolute Gasteiger partial charge is 0.495 e. The highest BCUT2D eigenvalue weighted by atomic mass is 16.5. The number of amides is 1. The first-order chi connectivity index (χ1) is 13.7. The number of rotatable bonds is 4. The number of pyridine rings is 2. The molecule has 1 amide bonds. The zero-order valence-corrected chi connectivity index (χ0v) is 15.6. The number of carbonyl (C=O) groups is 1. The monoisotopic (exact) mass is 369 g/mol. The zero-order valence-electron chi connectivity index (χ0n) is 15.6. The number of carbonyl (C=O) groups excluding carboxylic acids is 1. The van der Waals surface area contributed by atoms with E-state index in [9.17, 15) is 4.79 Å². The molecule has 2 aromatic carbocycles. The molecule has 0 saturated heterocycles. The van der Waals surface area contributed by atoms with Gasteiger partial charge < -0.3 is 10.1 Å². The summed E-state index contributed by atoms with van der Waals surface area (Å²) < 4.78 is 5.38. The van der Waals surface area contributed by atoms with Crippen LogP contribution in [0.1, 0.15) is 15.9 Å². The molecule has 28 heavy (non-hydrogen) atoms. The van der Waals surface area contributed by atoms with Gasteiger partial charge in [0.05, 0.1) is 29.6 Å². The Morgan fingerprint density at radius 1 is 1.00 bits per heavy atom. The van der Waals surface area contributed by atoms with Crippen molar-refractivity contribution in [3.8, 4) is 17.0 Å². The Kier molecular flexibility index (Phi) is 4.72. The van der Waals surface area contributed by atoms with E-state index in [1.54, 1.807) is 19.5 Å². The van der Waals surface area contributed by atoms with E-state index in [4.69, 9.17) is 9.72 Å². The summed E-state index contributed by atoms with van der Waals surface area (Å²) in [6, 6.07) is 18.9. The van der Waals surface area contributed by atoms with Crippen molar-refractivity contribution in [1.82, 2.24) is 9.97 Å². The maximum absolute atomic E-state index is 13.2. The van der Waals surface area contributed by atoms with E-state index in [-0.39, 0.29) is 5.91 Å². The molecule has 0 radical (unpaired) electrons. The van der Waals surface area contributed by atoms with E-state index < -0.39 is 0 Å². The minimum absolute atomic E-state index is 0.210. The normalized spacial score (nSPS) is 10.6. The fourth-order valence-corrected chi connectivity index (χ4v) is 3.14. The molecule has 0 saturated carbocycles. The molecule has 2 heterocycles. The summed E-state index contributed by atoms with van der Waals surface area (Å²) in [6.45, 7) is 1.97. The van der Waals surface area contributed by atoms with Crippen molar-refractivity contribution in [3.63, 3.8) is 0 Å². The van der Waals surface area contributed by atoms with Gasteiger partial charge in [0.25, 0.3) is 5.91 Å². The van der Waals surface area contributed by atoms with Crippen LogP contribution in [0, 0.1) is 6.92 Å². The number of anilines is 1. The van der Waals surface area contributed by atoms with Gasteiger partial charge in [0, 0.05) is 23.3 Å². The molecule has 5 heteroatoms. The fraction of sp³-hybridized carbons (Fsp3) is 0.0870. The van der Waals surface area contributed by atoms with Crippen molar-refractivity contribution in [2.24, 2.45) is 0 Å². The van der Waals surface area contributed by atoms with Gasteiger partial charge in [0.2, 0.25) is 0 Å². The molecule has 2 aromatic heterocycles. The van der Waals surface area contributed by atoms with E-state index in [1.165, 1.54) is 0 Å². The van der Waals surface area contributed by atoms with Crippen LogP contribution in [0.4, 0.5) is 5.69 Å². The average molecular weight is 369 g/mol. The minimum Gasteiger partial charge on any atom is -0.495 e. The predicted molar refractivity (Wildman–Crippen MR) is 111 cm³/mol. The molecule has 1 N–H and O–H groups in total. The summed E-state index contributed by atoms with van der Waals surface area (Å²) in [7, 11) is 1.59. The first kappa shape index (κ1) is 17.7. The standard InChI is InChI=1S/C23H19N3O2/c1-15-7-8-22(28-2)21(13-15)26-23(27)18-14-20(16-9-11-24-12-10-16)25-19-6-4-3-5-17(18)19/h3-14H,1-2H3,(H,26,27). The van der Waals surface area contributed by atoms with Gasteiger partial charge >= 0.3 is 0 Å². The summed E-state index contributed by atoms with van der Waals surface area (Å²) >= 11 is 0. The lowest BCUT2D eigenvalue weighted by atomic mass is 10.0. The summed E-state index contributed by atoms with van der Waals surface area (Å²) in [5.74, 6) is 0.407. The van der Waals surface area contributed by atoms with E-state index in [1.807, 2.05) is 67.6 Å². The minimum atomic E-state index is -0.210. The molecule has 5 nitrogen and oxygen atoms in total. The number of ether oxygens (including phenoxy) is 1. The first-order valence-electron chi connectivity index (χ1n) is 8.92. The molecular formula is C23H19N3O2. The third-order valence-electron chi connectivity index (χ3n) is 4.54. The van der Waals surface area contributed by atoms with Crippen LogP contribution in [-0.4, -0.2) is 23.0 Å². The van der Waals surface area contributed by atoms with Gasteiger partial charge in [0.1, 0.15) is 5.75 Å². The molecule has 0 aliphatic rings. The van der Waals surface area contributed by atoms with Gasteiger partial charge in [0.15, 0.2) is 0 Å². The second kappa shape index (κ2) is 7.48. The highest BCUT2D eigenvalue weighted by Crippen LogP contribution is 2.28. The highest BCUT2D eigenvalue weighted by Gasteiger charge is 2.16. The molecule has 4 rings (SSSR count). The van der Waals surface area contributed by atoms with Crippen molar-refractivity contribution in [2.45, 2.75) is 6.92 Å². The maximum Gasteiger partial charge on any atom is 0.256 e. The fourth-order valence-electron chi connectivity index (χ4n) is 3.14. The van der Waals surface area contributed by atoms with Crippen LogP contribution in [0.25, 0.3) is 22.2 Å². The Labute approximate surface area is 163 Å². The lowest BCUT2D eigenvalue weighted by Crippen LogP contribution is -2.14. The number of benzene rings is 2. The first-order valence-corrected chi connectivity index (χ1v) is 8.92. The SMILES string of the molecule is COc1ccc(C)cc1NC(=O)c1cc(-c2ccncc2)nc2ccccc12. The van der Waals surface area contributed by atoms with Gasteiger partial charge in [-0.05, 0) is 48.9 Å². The van der Waals surface area contributed by atoms with Crippen LogP contribution in [0.3, 0.4) is 0 Å². The molecule has 0 bridgehead atoms. The third-order valence-corrected chi connectivity index (χ3v) is 4.54. The molecule has 0 aliphatic heterocycles. The van der Waals surface area contributed by atoms with Crippen LogP contribution in [0.15, 0.2) is 73.1 Å². The van der Waals surface area contributed by atoms with Gasteiger partial charge in [-0.2, -0.15) is 0 Å². The van der Waals surface area contributed by atoms with Crippen LogP contribution >= 0.6 is 0 Å². The number of aryl methyl sites for hydroxylation is 1. The number of aromatic nitrogens is 2. The smallest absolute Gasteiger partial charge is 0.256 e. The second-order valence-corrected chi connectivity index (χ2v) is 6.47. The van der Waals surface area contributed by atoms with Gasteiger partial charge in [-0.15, -0.1) is 0 Å². The van der Waals surface area contributed by atoms with Crippen LogP contribution < -0.4 is 10.1 Å². The van der Waals surface area contributed by atoms with E-state index in [0.717, 1.165) is 27.7 Å². The lowest BCUT2D eigenvalue weighted by molar-refractivity contribution is 0.102. The van der Waals surface area contributed by atoms with E-state index >= 15 is 0 Å². The quantitative estimate of drug-likeness (QED) is 0.558. The molecule has 0 spiro atoms. The number of nitrogens with zero attached hydrogens (tertiary/aromatic N) is 2. The van der Waals surface area contributed by atoms with Crippen molar-refractivity contribution in [2.75, 3.05) is 12.4 Å². The highest BCUT2D eigenvalue weighted by molar-refractivity contribution is 6.13. The molecule has 0 unspecified atom stereocenters. The van der Waals surface area contributed by atoms with Crippen molar-refractivity contribution < 1.29 is 9.53 Å². The van der Waals surface area contributed by atoms with Crippen molar-refractivity contribution >= 4 is 22.5 Å². The van der Waals surface area contributed by atoms with Gasteiger partial charge in [-0.1, -0.05) is 24.3 Å². The summed E-state index contributed by atoms with van der Waals surface area (Å²) in [4.78, 5) is 21.9. The third kappa shape index (κ3) is 3.42.